The summed E-state index contributed by atoms with van der Waals surface area (Å²) in [5.41, 5.74) is 1.27. The lowest BCUT2D eigenvalue weighted by atomic mass is 10.00. The van der Waals surface area contributed by atoms with Crippen LogP contribution in [0.5, 0.6) is 11.5 Å². The highest BCUT2D eigenvalue weighted by molar-refractivity contribution is 5.78. The minimum absolute atomic E-state index is 0.0774. The van der Waals surface area contributed by atoms with E-state index in [0.717, 1.165) is 89.0 Å². The third kappa shape index (κ3) is 11.6. The van der Waals surface area contributed by atoms with E-state index in [0.29, 0.717) is 19.3 Å². The Hall–Kier alpha value is -1.83. The molecule has 1 N–H and O–H groups in total. The second-order valence-corrected chi connectivity index (χ2v) is 9.60. The molecular formula is C28H48N2O5. The third-order valence-corrected chi connectivity index (χ3v) is 6.87. The second kappa shape index (κ2) is 17.6. The van der Waals surface area contributed by atoms with Gasteiger partial charge in [-0.2, -0.15) is 0 Å². The van der Waals surface area contributed by atoms with E-state index in [9.17, 15) is 4.79 Å². The molecule has 1 aliphatic rings. The third-order valence-electron chi connectivity index (χ3n) is 6.87. The number of aryl methyl sites for hydroxylation is 1. The van der Waals surface area contributed by atoms with Crippen molar-refractivity contribution in [2.45, 2.75) is 70.8 Å². The van der Waals surface area contributed by atoms with Gasteiger partial charge in [-0.3, -0.25) is 4.79 Å². The lowest BCUT2D eigenvalue weighted by Gasteiger charge is -2.31. The van der Waals surface area contributed by atoms with Crippen molar-refractivity contribution < 1.29 is 23.7 Å². The van der Waals surface area contributed by atoms with E-state index in [-0.39, 0.29) is 11.8 Å². The fourth-order valence-corrected chi connectivity index (χ4v) is 4.52. The number of rotatable bonds is 18. The van der Waals surface area contributed by atoms with Gasteiger partial charge in [-0.15, -0.1) is 0 Å². The predicted octanol–water partition coefficient (Wildman–Crippen LogP) is 4.47. The van der Waals surface area contributed by atoms with E-state index >= 15 is 0 Å². The Morgan fingerprint density at radius 3 is 2.51 bits per heavy atom. The molecule has 0 unspecified atom stereocenters. The van der Waals surface area contributed by atoms with Gasteiger partial charge in [0, 0.05) is 59.3 Å². The number of nitrogens with one attached hydrogen (secondary N) is 1. The number of benzene rings is 1. The van der Waals surface area contributed by atoms with Crippen LogP contribution >= 0.6 is 0 Å². The molecule has 1 amide bonds. The van der Waals surface area contributed by atoms with E-state index < -0.39 is 0 Å². The topological polar surface area (TPSA) is 69.3 Å². The Labute approximate surface area is 212 Å². The van der Waals surface area contributed by atoms with Crippen molar-refractivity contribution in [3.63, 3.8) is 0 Å². The van der Waals surface area contributed by atoms with Crippen LogP contribution in [0.25, 0.3) is 0 Å². The molecule has 0 bridgehead atoms. The van der Waals surface area contributed by atoms with Crippen molar-refractivity contribution in [1.29, 1.82) is 0 Å². The van der Waals surface area contributed by atoms with Crippen molar-refractivity contribution in [2.75, 3.05) is 60.7 Å². The number of hydrogen-bond donors (Lipinski definition) is 1. The van der Waals surface area contributed by atoms with Crippen molar-refractivity contribution >= 4 is 5.91 Å². The maximum absolute atomic E-state index is 12.4. The normalized spacial score (nSPS) is 15.7. The number of likely N-dealkylation sites (tertiary alicyclic amines) is 1. The second-order valence-electron chi connectivity index (χ2n) is 9.60. The molecular weight excluding hydrogens is 444 g/mol. The summed E-state index contributed by atoms with van der Waals surface area (Å²) in [6, 6.07) is 6.20. The van der Waals surface area contributed by atoms with Crippen molar-refractivity contribution in [3.05, 3.63) is 23.8 Å². The Morgan fingerprint density at radius 2 is 1.80 bits per heavy atom. The zero-order valence-corrected chi connectivity index (χ0v) is 22.5. The van der Waals surface area contributed by atoms with Gasteiger partial charge < -0.3 is 29.2 Å². The minimum atomic E-state index is 0.0774. The average molecular weight is 493 g/mol. The summed E-state index contributed by atoms with van der Waals surface area (Å²) < 4.78 is 21.8. The zero-order valence-electron chi connectivity index (χ0n) is 22.5. The van der Waals surface area contributed by atoms with Crippen molar-refractivity contribution in [2.24, 2.45) is 5.92 Å². The number of amides is 1. The molecule has 0 spiro atoms. The Balaban J connectivity index is 1.55. The quantitative estimate of drug-likeness (QED) is 0.305. The lowest BCUT2D eigenvalue weighted by Crippen LogP contribution is -2.42. The van der Waals surface area contributed by atoms with Crippen LogP contribution in [0.15, 0.2) is 18.2 Å². The van der Waals surface area contributed by atoms with Gasteiger partial charge in [0.1, 0.15) is 0 Å². The SMILES string of the molecule is COCCCOc1cc(CCCCCC[C@@H](C)C(=O)NCCN2CCC(OC)CC2)ccc1OC. The van der Waals surface area contributed by atoms with Gasteiger partial charge in [-0.25, -0.2) is 0 Å². The highest BCUT2D eigenvalue weighted by Gasteiger charge is 2.19. The lowest BCUT2D eigenvalue weighted by molar-refractivity contribution is -0.124. The summed E-state index contributed by atoms with van der Waals surface area (Å²) in [6.45, 7) is 7.14. The molecule has 2 rings (SSSR count). The highest BCUT2D eigenvalue weighted by atomic mass is 16.5. The molecule has 1 saturated heterocycles. The largest absolute Gasteiger partial charge is 0.493 e. The summed E-state index contributed by atoms with van der Waals surface area (Å²) in [5, 5.41) is 3.12. The van der Waals surface area contributed by atoms with Crippen LogP contribution in [0.3, 0.4) is 0 Å². The number of unbranched alkanes of at least 4 members (excludes halogenated alkanes) is 3. The van der Waals surface area contributed by atoms with Gasteiger partial charge in [0.2, 0.25) is 5.91 Å². The Morgan fingerprint density at radius 1 is 1.03 bits per heavy atom. The summed E-state index contributed by atoms with van der Waals surface area (Å²) in [7, 11) is 5.16. The van der Waals surface area contributed by atoms with E-state index in [2.05, 4.69) is 22.3 Å². The molecule has 35 heavy (non-hydrogen) atoms. The summed E-state index contributed by atoms with van der Waals surface area (Å²) in [5.74, 6) is 1.84. The first-order valence-electron chi connectivity index (χ1n) is 13.4. The number of hydrogen-bond acceptors (Lipinski definition) is 6. The highest BCUT2D eigenvalue weighted by Crippen LogP contribution is 2.29. The molecule has 1 heterocycles. The average Bonchev–Trinajstić information content (AvgIpc) is 2.88. The van der Waals surface area contributed by atoms with Crippen LogP contribution in [0.1, 0.15) is 63.9 Å². The van der Waals surface area contributed by atoms with E-state index in [4.69, 9.17) is 18.9 Å². The summed E-state index contributed by atoms with van der Waals surface area (Å²) in [6.07, 6.45) is 9.96. The molecule has 1 aromatic carbocycles. The number of ether oxygens (including phenoxy) is 4. The van der Waals surface area contributed by atoms with Gasteiger partial charge in [0.25, 0.3) is 0 Å². The van der Waals surface area contributed by atoms with Gasteiger partial charge in [-0.1, -0.05) is 32.3 Å². The first-order valence-corrected chi connectivity index (χ1v) is 13.4. The fourth-order valence-electron chi connectivity index (χ4n) is 4.52. The van der Waals surface area contributed by atoms with Gasteiger partial charge in [0.15, 0.2) is 11.5 Å². The molecule has 1 fully saturated rings. The molecule has 0 saturated carbocycles. The number of carbonyl (C=O) groups excluding carboxylic acids is 1. The van der Waals surface area contributed by atoms with Crippen LogP contribution in [0, 0.1) is 5.92 Å². The first kappa shape index (κ1) is 29.4. The number of nitrogens with zero attached hydrogens (tertiary/aromatic N) is 1. The molecule has 1 aromatic rings. The molecule has 1 atom stereocenters. The molecule has 0 radical (unpaired) electrons. The van der Waals surface area contributed by atoms with Crippen molar-refractivity contribution in [3.8, 4) is 11.5 Å². The smallest absolute Gasteiger partial charge is 0.222 e. The molecule has 0 aromatic heterocycles. The van der Waals surface area contributed by atoms with Gasteiger partial charge in [-0.05, 0) is 49.8 Å². The first-order chi connectivity index (χ1) is 17.1. The maximum atomic E-state index is 12.4. The summed E-state index contributed by atoms with van der Waals surface area (Å²) >= 11 is 0. The van der Waals surface area contributed by atoms with E-state index in [1.807, 2.05) is 13.0 Å². The van der Waals surface area contributed by atoms with Crippen molar-refractivity contribution in [1.82, 2.24) is 10.2 Å². The van der Waals surface area contributed by atoms with Crippen LogP contribution in [-0.4, -0.2) is 77.6 Å². The van der Waals surface area contributed by atoms with Crippen LogP contribution in [0.2, 0.25) is 0 Å². The molecule has 7 nitrogen and oxygen atoms in total. The molecule has 7 heteroatoms. The standard InChI is InChI=1S/C28H48N2O5/c1-23(28(31)29-16-19-30-17-14-25(33-3)15-18-30)10-7-5-6-8-11-24-12-13-26(34-4)27(22-24)35-21-9-20-32-2/h12-13,22-23,25H,5-11,14-21H2,1-4H3,(H,29,31)/t23-/m1/s1. The molecule has 200 valence electrons. The van der Waals surface area contributed by atoms with E-state index in [1.54, 1.807) is 21.3 Å². The fraction of sp³-hybridized carbons (Fsp3) is 0.750. The van der Waals surface area contributed by atoms with Gasteiger partial charge >= 0.3 is 0 Å². The van der Waals surface area contributed by atoms with E-state index in [1.165, 1.54) is 12.0 Å². The van der Waals surface area contributed by atoms with Crippen LogP contribution in [-0.2, 0) is 20.7 Å². The van der Waals surface area contributed by atoms with Crippen LogP contribution in [0.4, 0.5) is 0 Å². The van der Waals surface area contributed by atoms with Gasteiger partial charge in [0.05, 0.1) is 19.8 Å². The number of carbonyl (C=O) groups is 1. The molecule has 1 aliphatic heterocycles. The predicted molar refractivity (Wildman–Crippen MR) is 140 cm³/mol. The van der Waals surface area contributed by atoms with Crippen LogP contribution < -0.4 is 14.8 Å². The summed E-state index contributed by atoms with van der Waals surface area (Å²) in [4.78, 5) is 14.8. The number of methoxy groups -OCH3 is 3. The number of piperidine rings is 1. The maximum Gasteiger partial charge on any atom is 0.222 e. The Bertz CT molecular complexity index is 707. The Kier molecular flexibility index (Phi) is 14.8. The zero-order chi connectivity index (χ0) is 25.3. The molecule has 0 aliphatic carbocycles. The minimum Gasteiger partial charge on any atom is -0.493 e. The monoisotopic (exact) mass is 492 g/mol.